The molecule has 0 fully saturated rings. The Bertz CT molecular complexity index is 2660. The molecular formula is C42H38F2N6O2S2. The first kappa shape index (κ1) is 34.6. The third-order valence-corrected chi connectivity index (χ3v) is 12.6. The molecule has 8 nitrogen and oxygen atoms in total. The van der Waals surface area contributed by atoms with E-state index >= 15 is 0 Å². The summed E-state index contributed by atoms with van der Waals surface area (Å²) < 4.78 is 31.2. The zero-order chi connectivity index (χ0) is 36.8. The summed E-state index contributed by atoms with van der Waals surface area (Å²) in [6.07, 6.45) is 7.33. The lowest BCUT2D eigenvalue weighted by atomic mass is 10.0. The van der Waals surface area contributed by atoms with Gasteiger partial charge >= 0.3 is 5.69 Å². The number of nitrogens with zero attached hydrogens (tertiary/aromatic N) is 4. The first-order chi connectivity index (χ1) is 26.4. The van der Waals surface area contributed by atoms with Gasteiger partial charge in [-0.3, -0.25) is 23.7 Å². The predicted octanol–water partition coefficient (Wildman–Crippen LogP) is 7.66. The molecule has 0 unspecified atom stereocenters. The summed E-state index contributed by atoms with van der Waals surface area (Å²) in [5, 5.41) is 5.92. The van der Waals surface area contributed by atoms with E-state index in [1.807, 2.05) is 29.0 Å². The molecule has 0 spiro atoms. The molecular weight excluding hydrogens is 723 g/mol. The van der Waals surface area contributed by atoms with Gasteiger partial charge in [0.05, 0.1) is 0 Å². The number of aromatic nitrogens is 4. The third-order valence-electron chi connectivity index (χ3n) is 10.7. The van der Waals surface area contributed by atoms with E-state index < -0.39 is 0 Å². The molecule has 0 aliphatic carbocycles. The fourth-order valence-electron chi connectivity index (χ4n) is 7.92. The summed E-state index contributed by atoms with van der Waals surface area (Å²) in [5.41, 5.74) is 7.91. The van der Waals surface area contributed by atoms with Crippen LogP contribution in [0, 0.1) is 11.6 Å². The largest absolute Gasteiger partial charge is 0.358 e. The monoisotopic (exact) mass is 760 g/mol. The second kappa shape index (κ2) is 14.6. The number of nitrogens with one attached hydrogen (secondary N) is 2. The molecule has 2 aromatic carbocycles. The van der Waals surface area contributed by atoms with Crippen molar-refractivity contribution in [1.29, 1.82) is 0 Å². The van der Waals surface area contributed by atoms with Crippen LogP contribution in [0.25, 0.3) is 33.0 Å². The first-order valence-electron chi connectivity index (χ1n) is 18.1. The highest BCUT2D eigenvalue weighted by Gasteiger charge is 2.24. The standard InChI is InChI=1S/C42H38F2N6O2S2/c43-29-5-7-35-31(21-29)33-25-47(14-11-37(33)45-35)23-27(39-3-1-19-53-39)9-16-49-17-13-41(51)50(42(49)52)18-10-28(40-4-2-20-54-40)24-48-15-12-38-34(26-48)32-22-30(44)6-8-36(32)46-38/h1-10,13,17,19-22,45-46H,11-12,14-16,18,23-26H2/b27-9+,28-10+. The Balaban J connectivity index is 0.948. The van der Waals surface area contributed by atoms with Gasteiger partial charge in [-0.2, -0.15) is 0 Å². The zero-order valence-corrected chi connectivity index (χ0v) is 31.1. The molecule has 7 heterocycles. The Hall–Kier alpha value is -5.14. The topological polar surface area (TPSA) is 82.1 Å². The molecule has 7 aromatic rings. The summed E-state index contributed by atoms with van der Waals surface area (Å²) in [7, 11) is 0. The van der Waals surface area contributed by atoms with E-state index in [0.29, 0.717) is 32.7 Å². The maximum absolute atomic E-state index is 14.2. The number of allylic oxidation sites excluding steroid dienone is 2. The second-order valence-electron chi connectivity index (χ2n) is 14.1. The minimum absolute atomic E-state index is 0.145. The van der Waals surface area contributed by atoms with E-state index in [0.717, 1.165) is 91.2 Å². The van der Waals surface area contributed by atoms with Crippen molar-refractivity contribution < 1.29 is 8.78 Å². The molecule has 0 amide bonds. The Labute approximate surface area is 317 Å². The third kappa shape index (κ3) is 6.86. The van der Waals surface area contributed by atoms with Crippen molar-refractivity contribution in [3.8, 4) is 0 Å². The highest BCUT2D eigenvalue weighted by Crippen LogP contribution is 2.32. The molecule has 5 aromatic heterocycles. The van der Waals surface area contributed by atoms with E-state index in [1.54, 1.807) is 57.7 Å². The molecule has 0 radical (unpaired) electrons. The van der Waals surface area contributed by atoms with Crippen LogP contribution in [-0.4, -0.2) is 55.1 Å². The normalized spacial score (nSPS) is 15.7. The quantitative estimate of drug-likeness (QED) is 0.150. The van der Waals surface area contributed by atoms with Gasteiger partial charge in [0.1, 0.15) is 11.6 Å². The summed E-state index contributed by atoms with van der Waals surface area (Å²) >= 11 is 3.29. The van der Waals surface area contributed by atoms with Gasteiger partial charge in [-0.05, 0) is 81.6 Å². The van der Waals surface area contributed by atoms with E-state index in [-0.39, 0.29) is 29.4 Å². The van der Waals surface area contributed by atoms with Crippen LogP contribution in [0.1, 0.15) is 32.3 Å². The number of aromatic amines is 2. The first-order valence-corrected chi connectivity index (χ1v) is 19.9. The van der Waals surface area contributed by atoms with Gasteiger partial charge in [0.2, 0.25) is 0 Å². The molecule has 0 bridgehead atoms. The predicted molar refractivity (Wildman–Crippen MR) is 214 cm³/mol. The molecule has 9 rings (SSSR count). The maximum Gasteiger partial charge on any atom is 0.331 e. The molecule has 2 N–H and O–H groups in total. The van der Waals surface area contributed by atoms with Gasteiger partial charge in [0, 0.05) is 120 Å². The number of halogens is 2. The summed E-state index contributed by atoms with van der Waals surface area (Å²) in [4.78, 5) is 40.9. The SMILES string of the molecule is O=c1ccn(C/C=C(\CN2CCc3[nH]c4ccc(F)cc4c3C2)c2cccs2)c(=O)n1C/C=C(\CN1CCc2[nH]c3ccc(F)cc3c2C1)c1cccs1. The lowest BCUT2D eigenvalue weighted by Crippen LogP contribution is -2.38. The highest BCUT2D eigenvalue weighted by atomic mass is 32.1. The van der Waals surface area contributed by atoms with Crippen LogP contribution in [0.2, 0.25) is 0 Å². The number of hydrogen-bond donors (Lipinski definition) is 2. The van der Waals surface area contributed by atoms with Crippen LogP contribution < -0.4 is 11.2 Å². The number of hydrogen-bond acceptors (Lipinski definition) is 6. The Morgan fingerprint density at radius 1 is 0.704 bits per heavy atom. The fraction of sp³-hybridized carbons (Fsp3) is 0.238. The van der Waals surface area contributed by atoms with Gasteiger partial charge < -0.3 is 9.97 Å². The van der Waals surface area contributed by atoms with Crippen LogP contribution in [-0.2, 0) is 39.0 Å². The Morgan fingerprint density at radius 2 is 1.24 bits per heavy atom. The molecule has 0 atom stereocenters. The average Bonchev–Trinajstić information content (AvgIpc) is 4.01. The number of fused-ring (bicyclic) bond motifs is 6. The van der Waals surface area contributed by atoms with Crippen LogP contribution in [0.5, 0.6) is 0 Å². The molecule has 0 saturated carbocycles. The maximum atomic E-state index is 14.2. The summed E-state index contributed by atoms with van der Waals surface area (Å²) in [6, 6.07) is 19.4. The van der Waals surface area contributed by atoms with Gasteiger partial charge in [0.25, 0.3) is 5.56 Å². The number of benzene rings is 2. The Morgan fingerprint density at radius 3 is 1.76 bits per heavy atom. The minimum atomic E-state index is -0.363. The lowest BCUT2D eigenvalue weighted by Gasteiger charge is -2.28. The molecule has 0 saturated heterocycles. The lowest BCUT2D eigenvalue weighted by molar-refractivity contribution is 0.286. The summed E-state index contributed by atoms with van der Waals surface area (Å²) in [5.74, 6) is -0.487. The van der Waals surface area contributed by atoms with Crippen molar-refractivity contribution in [1.82, 2.24) is 28.9 Å². The molecule has 2 aliphatic rings. The number of H-pyrrole nitrogens is 2. The molecule has 274 valence electrons. The van der Waals surface area contributed by atoms with Gasteiger partial charge in [0.15, 0.2) is 0 Å². The molecule has 54 heavy (non-hydrogen) atoms. The van der Waals surface area contributed by atoms with Crippen molar-refractivity contribution in [2.24, 2.45) is 0 Å². The second-order valence-corrected chi connectivity index (χ2v) is 16.0. The zero-order valence-electron chi connectivity index (χ0n) is 29.5. The van der Waals surface area contributed by atoms with Crippen molar-refractivity contribution in [2.45, 2.75) is 39.0 Å². The van der Waals surface area contributed by atoms with Gasteiger partial charge in [-0.1, -0.05) is 24.3 Å². The van der Waals surface area contributed by atoms with Gasteiger partial charge in [-0.15, -0.1) is 22.7 Å². The molecule has 12 heteroatoms. The van der Waals surface area contributed by atoms with Crippen LogP contribution >= 0.6 is 22.7 Å². The molecule has 2 aliphatic heterocycles. The van der Waals surface area contributed by atoms with E-state index in [1.165, 1.54) is 22.8 Å². The van der Waals surface area contributed by atoms with Crippen LogP contribution in [0.4, 0.5) is 8.78 Å². The number of rotatable bonds is 10. The summed E-state index contributed by atoms with van der Waals surface area (Å²) in [6.45, 7) is 4.83. The van der Waals surface area contributed by atoms with Crippen LogP contribution in [0.15, 0.2) is 105 Å². The van der Waals surface area contributed by atoms with Crippen molar-refractivity contribution in [3.63, 3.8) is 0 Å². The van der Waals surface area contributed by atoms with E-state index in [4.69, 9.17) is 0 Å². The minimum Gasteiger partial charge on any atom is -0.358 e. The van der Waals surface area contributed by atoms with E-state index in [2.05, 4.69) is 38.0 Å². The van der Waals surface area contributed by atoms with Gasteiger partial charge in [-0.25, -0.2) is 13.6 Å². The fourth-order valence-corrected chi connectivity index (χ4v) is 9.44. The van der Waals surface area contributed by atoms with Crippen molar-refractivity contribution >= 4 is 55.6 Å². The Kier molecular flexibility index (Phi) is 9.36. The highest BCUT2D eigenvalue weighted by molar-refractivity contribution is 7.11. The van der Waals surface area contributed by atoms with E-state index in [9.17, 15) is 18.4 Å². The van der Waals surface area contributed by atoms with Crippen LogP contribution in [0.3, 0.4) is 0 Å². The van der Waals surface area contributed by atoms with Crippen molar-refractivity contribution in [2.75, 3.05) is 26.2 Å². The number of thiophene rings is 2. The van der Waals surface area contributed by atoms with Crippen molar-refractivity contribution in [3.05, 3.63) is 161 Å². The average molecular weight is 761 g/mol. The smallest absolute Gasteiger partial charge is 0.331 e.